The highest BCUT2D eigenvalue weighted by molar-refractivity contribution is 7.92. The number of rotatable bonds is 6. The van der Waals surface area contributed by atoms with Crippen LogP contribution >= 0.6 is 0 Å². The fourth-order valence-corrected chi connectivity index (χ4v) is 4.81. The van der Waals surface area contributed by atoms with Crippen molar-refractivity contribution in [1.29, 1.82) is 0 Å². The molecule has 6 nitrogen and oxygen atoms in total. The van der Waals surface area contributed by atoms with Crippen LogP contribution in [0.5, 0.6) is 0 Å². The topological polar surface area (TPSA) is 92.7 Å². The summed E-state index contributed by atoms with van der Waals surface area (Å²) >= 11 is 0. The summed E-state index contributed by atoms with van der Waals surface area (Å²) in [6.07, 6.45) is 1.88. The predicted molar refractivity (Wildman–Crippen MR) is 109 cm³/mol. The molecule has 2 aromatic rings. The molecule has 1 saturated carbocycles. The van der Waals surface area contributed by atoms with Crippen molar-refractivity contribution >= 4 is 21.7 Å². The van der Waals surface area contributed by atoms with Crippen LogP contribution in [-0.4, -0.2) is 25.1 Å². The molecule has 29 heavy (non-hydrogen) atoms. The summed E-state index contributed by atoms with van der Waals surface area (Å²) in [5, 5.41) is 10.6. The maximum absolute atomic E-state index is 12.6. The Morgan fingerprint density at radius 3 is 2.38 bits per heavy atom. The molecule has 1 unspecified atom stereocenters. The molecule has 1 heterocycles. The van der Waals surface area contributed by atoms with E-state index in [-0.39, 0.29) is 28.1 Å². The van der Waals surface area contributed by atoms with Crippen molar-refractivity contribution < 1.29 is 23.1 Å². The molecule has 0 bridgehead atoms. The molecule has 7 heteroatoms. The van der Waals surface area contributed by atoms with Crippen LogP contribution in [0.3, 0.4) is 0 Å². The van der Waals surface area contributed by atoms with Crippen LogP contribution in [0.1, 0.15) is 38.2 Å². The van der Waals surface area contributed by atoms with Gasteiger partial charge >= 0.3 is 5.97 Å². The minimum absolute atomic E-state index is 0.0466. The fraction of sp³-hybridized carbons (Fsp3) is 0.318. The number of aliphatic hydroxyl groups excluding tert-OH is 1. The Balaban J connectivity index is 1.69. The van der Waals surface area contributed by atoms with Crippen molar-refractivity contribution in [3.8, 4) is 0 Å². The quantitative estimate of drug-likeness (QED) is 0.695. The lowest BCUT2D eigenvalue weighted by atomic mass is 9.85. The summed E-state index contributed by atoms with van der Waals surface area (Å²) in [7, 11) is -3.72. The van der Waals surface area contributed by atoms with E-state index in [4.69, 9.17) is 4.74 Å². The number of aliphatic hydroxyl groups is 1. The van der Waals surface area contributed by atoms with Gasteiger partial charge in [0.15, 0.2) is 5.60 Å². The number of anilines is 1. The lowest BCUT2D eigenvalue weighted by Gasteiger charge is -2.18. The summed E-state index contributed by atoms with van der Waals surface area (Å²) < 4.78 is 33.2. The Labute approximate surface area is 170 Å². The molecule has 0 saturated heterocycles. The maximum atomic E-state index is 12.6. The summed E-state index contributed by atoms with van der Waals surface area (Å²) in [4.78, 5) is 12.7. The molecule has 1 fully saturated rings. The highest BCUT2D eigenvalue weighted by Crippen LogP contribution is 2.50. The third-order valence-electron chi connectivity index (χ3n) is 5.35. The van der Waals surface area contributed by atoms with Crippen molar-refractivity contribution in [3.63, 3.8) is 0 Å². The number of carbonyl (C=O) groups is 1. The van der Waals surface area contributed by atoms with Crippen molar-refractivity contribution in [2.75, 3.05) is 4.72 Å². The zero-order chi connectivity index (χ0) is 20.8. The number of carbonyl (C=O) groups excluding carboxylic acids is 1. The van der Waals surface area contributed by atoms with Gasteiger partial charge in [-0.3, -0.25) is 4.72 Å². The van der Waals surface area contributed by atoms with Gasteiger partial charge in [-0.1, -0.05) is 30.3 Å². The molecule has 0 radical (unpaired) electrons. The Morgan fingerprint density at radius 1 is 1.10 bits per heavy atom. The lowest BCUT2D eigenvalue weighted by Crippen LogP contribution is -2.22. The van der Waals surface area contributed by atoms with Gasteiger partial charge in [-0.15, -0.1) is 0 Å². The van der Waals surface area contributed by atoms with Gasteiger partial charge in [-0.25, -0.2) is 13.2 Å². The van der Waals surface area contributed by atoms with Gasteiger partial charge in [0, 0.05) is 11.6 Å². The number of benzene rings is 2. The van der Waals surface area contributed by atoms with Crippen LogP contribution in [0.15, 0.2) is 70.8 Å². The van der Waals surface area contributed by atoms with Crippen molar-refractivity contribution in [2.24, 2.45) is 5.92 Å². The first-order chi connectivity index (χ1) is 13.7. The molecule has 152 valence electrons. The third-order valence-corrected chi connectivity index (χ3v) is 6.75. The van der Waals surface area contributed by atoms with Crippen LogP contribution in [0.25, 0.3) is 0 Å². The normalized spacial score (nSPS) is 19.7. The molecule has 0 amide bonds. The van der Waals surface area contributed by atoms with E-state index in [1.807, 2.05) is 6.07 Å². The van der Waals surface area contributed by atoms with E-state index in [2.05, 4.69) is 4.72 Å². The number of nitrogens with one attached hydrogen (secondary N) is 1. The second-order valence-electron chi connectivity index (χ2n) is 8.02. The van der Waals surface area contributed by atoms with E-state index in [1.54, 1.807) is 50.2 Å². The first kappa shape index (κ1) is 19.5. The number of cyclic esters (lactones) is 1. The van der Waals surface area contributed by atoms with Crippen LogP contribution < -0.4 is 4.72 Å². The van der Waals surface area contributed by atoms with Gasteiger partial charge in [0.25, 0.3) is 10.0 Å². The number of ether oxygens (including phenoxy) is 1. The number of esters is 1. The van der Waals surface area contributed by atoms with E-state index >= 15 is 0 Å². The molecule has 2 aromatic carbocycles. The molecule has 1 aliphatic heterocycles. The molecular weight excluding hydrogens is 390 g/mol. The number of hydrogen-bond acceptors (Lipinski definition) is 5. The monoisotopic (exact) mass is 413 g/mol. The van der Waals surface area contributed by atoms with Crippen molar-refractivity contribution in [2.45, 2.75) is 43.1 Å². The molecular formula is C22H23NO5S. The van der Waals surface area contributed by atoms with Gasteiger partial charge in [0.2, 0.25) is 0 Å². The van der Waals surface area contributed by atoms with E-state index in [0.29, 0.717) is 5.69 Å². The molecule has 2 N–H and O–H groups in total. The Morgan fingerprint density at radius 2 is 1.79 bits per heavy atom. The third kappa shape index (κ3) is 3.74. The van der Waals surface area contributed by atoms with Gasteiger partial charge < -0.3 is 9.84 Å². The highest BCUT2D eigenvalue weighted by atomic mass is 32.2. The van der Waals surface area contributed by atoms with Gasteiger partial charge in [0.05, 0.1) is 10.5 Å². The largest absolute Gasteiger partial charge is 0.507 e. The van der Waals surface area contributed by atoms with Crippen molar-refractivity contribution in [1.82, 2.24) is 0 Å². The predicted octanol–water partition coefficient (Wildman–Crippen LogP) is 4.13. The SMILES string of the molecule is CC1(C)OC(=O)C(C(c2cccc(NS(=O)(=O)c3ccccc3)c2)C2CC2)=C1O. The zero-order valence-electron chi connectivity index (χ0n) is 16.3. The van der Waals surface area contributed by atoms with Crippen molar-refractivity contribution in [3.05, 3.63) is 71.5 Å². The van der Waals surface area contributed by atoms with E-state index in [0.717, 1.165) is 18.4 Å². The number of sulfonamides is 1. The first-order valence-electron chi connectivity index (χ1n) is 9.54. The van der Waals surface area contributed by atoms with Gasteiger partial charge in [-0.2, -0.15) is 0 Å². The molecule has 1 atom stereocenters. The highest BCUT2D eigenvalue weighted by Gasteiger charge is 2.48. The second kappa shape index (κ2) is 6.91. The molecule has 0 spiro atoms. The maximum Gasteiger partial charge on any atom is 0.339 e. The summed E-state index contributed by atoms with van der Waals surface area (Å²) in [6, 6.07) is 15.1. The first-order valence-corrected chi connectivity index (χ1v) is 11.0. The zero-order valence-corrected chi connectivity index (χ0v) is 17.1. The molecule has 2 aliphatic rings. The van der Waals surface area contributed by atoms with E-state index < -0.39 is 21.6 Å². The Kier molecular flexibility index (Phi) is 4.65. The average Bonchev–Trinajstić information content (AvgIpc) is 3.47. The summed E-state index contributed by atoms with van der Waals surface area (Å²) in [5.41, 5.74) is 0.409. The molecule has 1 aliphatic carbocycles. The van der Waals surface area contributed by atoms with Crippen LogP contribution in [0.2, 0.25) is 0 Å². The summed E-state index contributed by atoms with van der Waals surface area (Å²) in [5.74, 6) is -0.672. The van der Waals surface area contributed by atoms with Crippen LogP contribution in [0, 0.1) is 5.92 Å². The average molecular weight is 413 g/mol. The number of hydrogen-bond donors (Lipinski definition) is 2. The molecule has 4 rings (SSSR count). The van der Waals surface area contributed by atoms with Gasteiger partial charge in [0.1, 0.15) is 5.76 Å². The van der Waals surface area contributed by atoms with E-state index in [1.165, 1.54) is 12.1 Å². The Hall–Kier alpha value is -2.80. The van der Waals surface area contributed by atoms with Crippen LogP contribution in [0.4, 0.5) is 5.69 Å². The van der Waals surface area contributed by atoms with Gasteiger partial charge in [-0.05, 0) is 62.4 Å². The minimum Gasteiger partial charge on any atom is -0.507 e. The lowest BCUT2D eigenvalue weighted by molar-refractivity contribution is -0.145. The van der Waals surface area contributed by atoms with Crippen LogP contribution in [-0.2, 0) is 19.6 Å². The molecule has 0 aromatic heterocycles. The second-order valence-corrected chi connectivity index (χ2v) is 9.70. The Bertz CT molecular complexity index is 1090. The standard InChI is InChI=1S/C22H23NO5S/c1-22(2)20(24)19(21(25)28-22)18(14-11-12-14)15-7-6-8-16(13-15)23-29(26,27)17-9-4-3-5-10-17/h3-10,13-14,18,23-24H,11-12H2,1-2H3. The fourth-order valence-electron chi connectivity index (χ4n) is 3.74. The summed E-state index contributed by atoms with van der Waals surface area (Å²) in [6.45, 7) is 3.31. The van der Waals surface area contributed by atoms with E-state index in [9.17, 15) is 18.3 Å². The smallest absolute Gasteiger partial charge is 0.339 e. The minimum atomic E-state index is -3.72.